The maximum atomic E-state index is 4.39. The first kappa shape index (κ1) is 8.05. The number of hydrogen-bond acceptors (Lipinski definition) is 1. The van der Waals surface area contributed by atoms with Crippen molar-refractivity contribution >= 4 is 11.1 Å². The van der Waals surface area contributed by atoms with Crippen LogP contribution in [0.5, 0.6) is 0 Å². The molecule has 0 saturated heterocycles. The SMILES string of the molecule is C=C(C)c1c(C)nn2ccccc12. The summed E-state index contributed by atoms with van der Waals surface area (Å²) in [6.45, 7) is 7.98. The average molecular weight is 172 g/mol. The summed E-state index contributed by atoms with van der Waals surface area (Å²) >= 11 is 0. The Morgan fingerprint density at radius 3 is 2.92 bits per heavy atom. The second-order valence-corrected chi connectivity index (χ2v) is 3.27. The topological polar surface area (TPSA) is 17.3 Å². The predicted octanol–water partition coefficient (Wildman–Crippen LogP) is 2.68. The maximum absolute atomic E-state index is 4.39. The van der Waals surface area contributed by atoms with Crippen LogP contribution in [0.25, 0.3) is 11.1 Å². The van der Waals surface area contributed by atoms with Crippen molar-refractivity contribution in [1.29, 1.82) is 0 Å². The lowest BCUT2D eigenvalue weighted by Gasteiger charge is -1.96. The van der Waals surface area contributed by atoms with Crippen LogP contribution in [-0.4, -0.2) is 9.61 Å². The second-order valence-electron chi connectivity index (χ2n) is 3.27. The van der Waals surface area contributed by atoms with E-state index in [0.29, 0.717) is 0 Å². The van der Waals surface area contributed by atoms with Gasteiger partial charge in [-0.2, -0.15) is 5.10 Å². The van der Waals surface area contributed by atoms with Crippen LogP contribution in [0.3, 0.4) is 0 Å². The highest BCUT2D eigenvalue weighted by atomic mass is 15.2. The van der Waals surface area contributed by atoms with Gasteiger partial charge in [0, 0.05) is 11.8 Å². The van der Waals surface area contributed by atoms with E-state index in [4.69, 9.17) is 0 Å². The molecule has 0 fully saturated rings. The molecule has 2 rings (SSSR count). The van der Waals surface area contributed by atoms with Gasteiger partial charge in [0.2, 0.25) is 0 Å². The fourth-order valence-electron chi connectivity index (χ4n) is 1.64. The van der Waals surface area contributed by atoms with E-state index in [1.807, 2.05) is 36.7 Å². The van der Waals surface area contributed by atoms with Crippen molar-refractivity contribution in [3.63, 3.8) is 0 Å². The van der Waals surface area contributed by atoms with Gasteiger partial charge < -0.3 is 0 Å². The summed E-state index contributed by atoms with van der Waals surface area (Å²) < 4.78 is 1.89. The van der Waals surface area contributed by atoms with E-state index in [-0.39, 0.29) is 0 Å². The lowest BCUT2D eigenvalue weighted by molar-refractivity contribution is 0.934. The minimum absolute atomic E-state index is 1.04. The van der Waals surface area contributed by atoms with E-state index in [9.17, 15) is 0 Å². The Hall–Kier alpha value is -1.57. The Morgan fingerprint density at radius 2 is 2.23 bits per heavy atom. The number of hydrogen-bond donors (Lipinski definition) is 0. The third-order valence-electron chi connectivity index (χ3n) is 2.14. The Kier molecular flexibility index (Phi) is 1.69. The van der Waals surface area contributed by atoms with Crippen LogP contribution in [0.2, 0.25) is 0 Å². The van der Waals surface area contributed by atoms with Crippen LogP contribution >= 0.6 is 0 Å². The first-order chi connectivity index (χ1) is 6.20. The molecule has 0 spiro atoms. The predicted molar refractivity (Wildman–Crippen MR) is 54.6 cm³/mol. The Balaban J connectivity index is 2.86. The molecule has 0 N–H and O–H groups in total. The first-order valence-electron chi connectivity index (χ1n) is 4.30. The molecule has 2 nitrogen and oxygen atoms in total. The zero-order chi connectivity index (χ0) is 9.42. The normalized spacial score (nSPS) is 10.6. The highest BCUT2D eigenvalue weighted by Gasteiger charge is 2.07. The van der Waals surface area contributed by atoms with Gasteiger partial charge in [0.1, 0.15) is 0 Å². The van der Waals surface area contributed by atoms with Gasteiger partial charge in [0.25, 0.3) is 0 Å². The van der Waals surface area contributed by atoms with Crippen molar-refractivity contribution in [2.45, 2.75) is 13.8 Å². The molecule has 0 aromatic carbocycles. The molecule has 2 heteroatoms. The van der Waals surface area contributed by atoms with Gasteiger partial charge in [0.15, 0.2) is 0 Å². The van der Waals surface area contributed by atoms with E-state index >= 15 is 0 Å². The molecule has 0 saturated carbocycles. The average Bonchev–Trinajstić information content (AvgIpc) is 2.39. The quantitative estimate of drug-likeness (QED) is 0.646. The van der Waals surface area contributed by atoms with E-state index in [2.05, 4.69) is 17.7 Å². The van der Waals surface area contributed by atoms with Gasteiger partial charge in [-0.15, -0.1) is 0 Å². The summed E-state index contributed by atoms with van der Waals surface area (Å²) in [4.78, 5) is 0. The molecule has 0 radical (unpaired) electrons. The van der Waals surface area contributed by atoms with Gasteiger partial charge in [-0.3, -0.25) is 0 Å². The Morgan fingerprint density at radius 1 is 1.46 bits per heavy atom. The number of aromatic nitrogens is 2. The van der Waals surface area contributed by atoms with E-state index < -0.39 is 0 Å². The van der Waals surface area contributed by atoms with Gasteiger partial charge >= 0.3 is 0 Å². The summed E-state index contributed by atoms with van der Waals surface area (Å²) in [5.41, 5.74) is 4.41. The highest BCUT2D eigenvalue weighted by molar-refractivity contribution is 5.77. The van der Waals surface area contributed by atoms with Crippen molar-refractivity contribution in [2.24, 2.45) is 0 Å². The Labute approximate surface area is 77.5 Å². The summed E-state index contributed by atoms with van der Waals surface area (Å²) in [5.74, 6) is 0. The van der Waals surface area contributed by atoms with E-state index in [0.717, 1.165) is 16.8 Å². The molecule has 0 atom stereocenters. The van der Waals surface area contributed by atoms with Gasteiger partial charge in [0.05, 0.1) is 11.2 Å². The van der Waals surface area contributed by atoms with E-state index in [1.54, 1.807) is 0 Å². The Bertz CT molecular complexity index is 466. The van der Waals surface area contributed by atoms with Gasteiger partial charge in [-0.1, -0.05) is 12.6 Å². The van der Waals surface area contributed by atoms with Crippen LogP contribution in [0.15, 0.2) is 31.0 Å². The maximum Gasteiger partial charge on any atom is 0.0739 e. The molecule has 0 aliphatic heterocycles. The lowest BCUT2D eigenvalue weighted by atomic mass is 10.1. The van der Waals surface area contributed by atoms with Crippen molar-refractivity contribution in [3.8, 4) is 0 Å². The second kappa shape index (κ2) is 2.73. The first-order valence-corrected chi connectivity index (χ1v) is 4.30. The van der Waals surface area contributed by atoms with Crippen LogP contribution in [0.1, 0.15) is 18.2 Å². The number of aryl methyl sites for hydroxylation is 1. The van der Waals surface area contributed by atoms with Crippen molar-refractivity contribution in [2.75, 3.05) is 0 Å². The summed E-state index contributed by atoms with van der Waals surface area (Å²) in [7, 11) is 0. The molecule has 66 valence electrons. The minimum Gasteiger partial charge on any atom is -0.240 e. The molecular formula is C11H12N2. The third kappa shape index (κ3) is 1.15. The minimum atomic E-state index is 1.04. The molecule has 2 heterocycles. The molecule has 0 unspecified atom stereocenters. The summed E-state index contributed by atoms with van der Waals surface area (Å²) in [6.07, 6.45) is 1.95. The molecule has 0 aliphatic carbocycles. The molecular weight excluding hydrogens is 160 g/mol. The van der Waals surface area contributed by atoms with E-state index in [1.165, 1.54) is 5.56 Å². The fraction of sp³-hybridized carbons (Fsp3) is 0.182. The third-order valence-corrected chi connectivity index (χ3v) is 2.14. The monoisotopic (exact) mass is 172 g/mol. The number of nitrogens with zero attached hydrogens (tertiary/aromatic N) is 2. The van der Waals surface area contributed by atoms with Crippen molar-refractivity contribution < 1.29 is 0 Å². The van der Waals surface area contributed by atoms with Gasteiger partial charge in [-0.25, -0.2) is 4.52 Å². The van der Waals surface area contributed by atoms with Crippen molar-refractivity contribution in [3.05, 3.63) is 42.2 Å². The lowest BCUT2D eigenvalue weighted by Crippen LogP contribution is -1.83. The number of allylic oxidation sites excluding steroid dienone is 1. The number of fused-ring (bicyclic) bond motifs is 1. The standard InChI is InChI=1S/C11H12N2/c1-8(2)11-9(3)12-13-7-5-4-6-10(11)13/h4-7H,1H2,2-3H3. The molecule has 2 aromatic heterocycles. The van der Waals surface area contributed by atoms with Gasteiger partial charge in [-0.05, 0) is 31.6 Å². The van der Waals surface area contributed by atoms with Crippen LogP contribution in [0.4, 0.5) is 0 Å². The van der Waals surface area contributed by atoms with Crippen LogP contribution < -0.4 is 0 Å². The zero-order valence-corrected chi connectivity index (χ0v) is 7.91. The molecule has 2 aromatic rings. The van der Waals surface area contributed by atoms with Crippen molar-refractivity contribution in [1.82, 2.24) is 9.61 Å². The van der Waals surface area contributed by atoms with Crippen LogP contribution in [0, 0.1) is 6.92 Å². The fourth-order valence-corrected chi connectivity index (χ4v) is 1.64. The largest absolute Gasteiger partial charge is 0.240 e. The number of pyridine rings is 1. The molecule has 0 amide bonds. The summed E-state index contributed by atoms with van der Waals surface area (Å²) in [6, 6.07) is 6.05. The summed E-state index contributed by atoms with van der Waals surface area (Å²) in [5, 5.41) is 4.39. The highest BCUT2D eigenvalue weighted by Crippen LogP contribution is 2.21. The number of rotatable bonds is 1. The smallest absolute Gasteiger partial charge is 0.0739 e. The van der Waals surface area contributed by atoms with Crippen LogP contribution in [-0.2, 0) is 0 Å². The molecule has 0 aliphatic rings. The molecule has 0 bridgehead atoms. The molecule has 13 heavy (non-hydrogen) atoms. The zero-order valence-electron chi connectivity index (χ0n) is 7.91.